The number of allylic oxidation sites excluding steroid dienone is 4. The zero-order chi connectivity index (χ0) is 28.8. The third kappa shape index (κ3) is 7.78. The van der Waals surface area contributed by atoms with Gasteiger partial charge in [-0.05, 0) is 8.07 Å². The van der Waals surface area contributed by atoms with Crippen LogP contribution in [0.4, 0.5) is 0 Å². The number of fused-ring (bicyclic) bond motifs is 3. The van der Waals surface area contributed by atoms with Crippen LogP contribution in [0.1, 0.15) is 17.5 Å². The van der Waals surface area contributed by atoms with Crippen LogP contribution in [0.2, 0.25) is 39.3 Å². The summed E-state index contributed by atoms with van der Waals surface area (Å²) in [6.45, 7) is 14.7. The van der Waals surface area contributed by atoms with Gasteiger partial charge in [0.05, 0.1) is 8.07 Å². The molecule has 0 unspecified atom stereocenters. The van der Waals surface area contributed by atoms with Crippen LogP contribution >= 0.6 is 0 Å². The van der Waals surface area contributed by atoms with Crippen molar-refractivity contribution >= 4 is 40.9 Å². The van der Waals surface area contributed by atoms with Crippen molar-refractivity contribution in [2.75, 3.05) is 0 Å². The van der Waals surface area contributed by atoms with E-state index in [2.05, 4.69) is 167 Å². The Bertz CT molecular complexity index is 1530. The minimum atomic E-state index is -1.10. The van der Waals surface area contributed by atoms with Gasteiger partial charge in [0.25, 0.3) is 0 Å². The normalized spacial score (nSPS) is 13.1. The smallest absolute Gasteiger partial charge is 0.0771 e. The summed E-state index contributed by atoms with van der Waals surface area (Å²) in [5.41, 5.74) is 2.66. The number of hydrogen-bond acceptors (Lipinski definition) is 0. The van der Waals surface area contributed by atoms with Gasteiger partial charge in [0, 0.05) is 0 Å². The summed E-state index contributed by atoms with van der Waals surface area (Å²) in [5.74, 6) is 0. The summed E-state index contributed by atoms with van der Waals surface area (Å²) in [7, 11) is -2.18. The monoisotopic (exact) mass is 630 g/mol. The SMILES string of the molecule is C[Si](C)(C)C1=C([Si](C)(C)C)C[C-]=C1.[Zr+2]=[C](c1ccccc1)c1ccccc1.c1ccc2c(c1)[cH-]c1ccccc12. The van der Waals surface area contributed by atoms with Gasteiger partial charge in [-0.1, -0.05) is 75.7 Å². The molecule has 0 nitrogen and oxygen atoms in total. The van der Waals surface area contributed by atoms with Gasteiger partial charge in [-0.15, -0.1) is 46.2 Å². The number of rotatable bonds is 4. The van der Waals surface area contributed by atoms with Crippen molar-refractivity contribution in [1.29, 1.82) is 0 Å². The molecule has 3 heteroatoms. The summed E-state index contributed by atoms with van der Waals surface area (Å²) in [6.07, 6.45) is 6.80. The van der Waals surface area contributed by atoms with Gasteiger partial charge in [-0.3, -0.25) is 6.08 Å². The quantitative estimate of drug-likeness (QED) is 0.137. The molecule has 0 bridgehead atoms. The third-order valence-electron chi connectivity index (χ3n) is 7.21. The Morgan fingerprint density at radius 1 is 0.600 bits per heavy atom. The molecule has 0 fully saturated rings. The maximum Gasteiger partial charge on any atom is -0.0771 e. The molecule has 0 N–H and O–H groups in total. The largest absolute Gasteiger partial charge is 0.126 e. The second-order valence-electron chi connectivity index (χ2n) is 12.3. The van der Waals surface area contributed by atoms with E-state index in [1.54, 1.807) is 10.4 Å². The van der Waals surface area contributed by atoms with Gasteiger partial charge in [0.2, 0.25) is 0 Å². The average Bonchev–Trinajstić information content (AvgIpc) is 3.60. The van der Waals surface area contributed by atoms with E-state index in [0.29, 0.717) is 0 Å². The van der Waals surface area contributed by atoms with Gasteiger partial charge < -0.3 is 0 Å². The average molecular weight is 632 g/mol. The Labute approximate surface area is 258 Å². The predicted octanol–water partition coefficient (Wildman–Crippen LogP) is 10.3. The van der Waals surface area contributed by atoms with E-state index in [1.165, 1.54) is 60.1 Å². The maximum absolute atomic E-state index is 3.41. The molecule has 6 rings (SSSR count). The Morgan fingerprint density at radius 2 is 1.02 bits per heavy atom. The van der Waals surface area contributed by atoms with E-state index in [0.717, 1.165) is 6.42 Å². The molecule has 0 radical (unpaired) electrons. The van der Waals surface area contributed by atoms with E-state index >= 15 is 0 Å². The topological polar surface area (TPSA) is 0 Å². The summed E-state index contributed by atoms with van der Waals surface area (Å²) in [6, 6.07) is 40.4. The van der Waals surface area contributed by atoms with Crippen LogP contribution in [0, 0.1) is 6.08 Å². The molecule has 40 heavy (non-hydrogen) atoms. The molecular formula is C37H40Si2Zr. The van der Waals surface area contributed by atoms with Crippen molar-refractivity contribution in [2.45, 2.75) is 45.7 Å². The Kier molecular flexibility index (Phi) is 10.2. The van der Waals surface area contributed by atoms with E-state index < -0.39 is 16.1 Å². The van der Waals surface area contributed by atoms with Gasteiger partial charge in [0.15, 0.2) is 0 Å². The van der Waals surface area contributed by atoms with Crippen molar-refractivity contribution in [3.63, 3.8) is 0 Å². The van der Waals surface area contributed by atoms with Crippen LogP contribution in [-0.4, -0.2) is 19.4 Å². The molecular weight excluding hydrogens is 592 g/mol. The minimum Gasteiger partial charge on any atom is -0.126 e. The Morgan fingerprint density at radius 3 is 1.43 bits per heavy atom. The predicted molar refractivity (Wildman–Crippen MR) is 179 cm³/mol. The summed E-state index contributed by atoms with van der Waals surface area (Å²) in [4.78, 5) is 0. The first-order valence-electron chi connectivity index (χ1n) is 14.1. The van der Waals surface area contributed by atoms with E-state index in [4.69, 9.17) is 0 Å². The fourth-order valence-corrected chi connectivity index (χ4v) is 11.2. The third-order valence-corrected chi connectivity index (χ3v) is 13.2. The Hall–Kier alpha value is -2.58. The first kappa shape index (κ1) is 30.4. The number of benzene rings is 4. The molecule has 0 saturated heterocycles. The van der Waals surface area contributed by atoms with Gasteiger partial charge in [-0.2, -0.15) is 5.20 Å². The van der Waals surface area contributed by atoms with Crippen LogP contribution in [0.5, 0.6) is 0 Å². The summed E-state index contributed by atoms with van der Waals surface area (Å²) in [5, 5.41) is 8.84. The van der Waals surface area contributed by atoms with Crippen molar-refractivity contribution in [3.8, 4) is 0 Å². The standard InChI is InChI=1S/C13H9.C13H10.C11H21Si2.Zr/c1-3-7-12-10(5-1)9-11-6-2-4-8-13(11)12;1-3-7-12(8-4-1)11-13-9-5-2-6-10-13;1-12(2,3)10-8-7-9-11(10)13(4,5)6;/h1-9H;1-10H;8H,9H2,1-6H3;/q-1;;-1;+2. The maximum atomic E-state index is 3.41. The first-order valence-corrected chi connectivity index (χ1v) is 22.3. The molecule has 1 aliphatic carbocycles. The zero-order valence-corrected chi connectivity index (χ0v) is 29.2. The number of hydrogen-bond donors (Lipinski definition) is 0. The van der Waals surface area contributed by atoms with Crippen molar-refractivity contribution in [1.82, 2.24) is 0 Å². The van der Waals surface area contributed by atoms with Crippen molar-refractivity contribution in [3.05, 3.63) is 149 Å². The first-order chi connectivity index (χ1) is 19.1. The van der Waals surface area contributed by atoms with E-state index in [9.17, 15) is 0 Å². The molecule has 0 atom stereocenters. The molecule has 1 aliphatic rings. The Balaban J connectivity index is 0.000000139. The second-order valence-corrected chi connectivity index (χ2v) is 23.7. The second kappa shape index (κ2) is 13.4. The van der Waals surface area contributed by atoms with Gasteiger partial charge in [-0.25, -0.2) is 11.3 Å². The van der Waals surface area contributed by atoms with Crippen LogP contribution in [-0.2, 0) is 24.2 Å². The van der Waals surface area contributed by atoms with Crippen molar-refractivity contribution < 1.29 is 24.2 Å². The van der Waals surface area contributed by atoms with Gasteiger partial charge in [0.1, 0.15) is 0 Å². The fraction of sp³-hybridized carbons (Fsp3) is 0.189. The minimum absolute atomic E-state index is 1.08. The fourth-order valence-electron chi connectivity index (χ4n) is 5.06. The molecule has 5 aromatic rings. The molecule has 0 aromatic heterocycles. The van der Waals surface area contributed by atoms with Crippen molar-refractivity contribution in [2.24, 2.45) is 0 Å². The van der Waals surface area contributed by atoms with Crippen LogP contribution < -0.4 is 0 Å². The molecule has 5 aromatic carbocycles. The molecule has 0 heterocycles. The van der Waals surface area contributed by atoms with Gasteiger partial charge >= 0.3 is 99.2 Å². The molecule has 0 amide bonds. The molecule has 0 aliphatic heterocycles. The summed E-state index contributed by atoms with van der Waals surface area (Å²) >= 11 is 1.46. The van der Waals surface area contributed by atoms with Crippen LogP contribution in [0.15, 0.2) is 132 Å². The van der Waals surface area contributed by atoms with Crippen LogP contribution in [0.25, 0.3) is 21.5 Å². The molecule has 200 valence electrons. The summed E-state index contributed by atoms with van der Waals surface area (Å²) < 4.78 is 1.42. The van der Waals surface area contributed by atoms with E-state index in [-0.39, 0.29) is 0 Å². The molecule has 0 spiro atoms. The van der Waals surface area contributed by atoms with E-state index in [1.807, 2.05) is 0 Å². The molecule has 0 saturated carbocycles. The zero-order valence-electron chi connectivity index (χ0n) is 24.8. The van der Waals surface area contributed by atoms with Crippen LogP contribution in [0.3, 0.4) is 0 Å².